The van der Waals surface area contributed by atoms with Crippen LogP contribution in [0.1, 0.15) is 18.4 Å². The number of piperidine rings is 1. The normalized spacial score (nSPS) is 15.7. The van der Waals surface area contributed by atoms with E-state index in [2.05, 4.69) is 0 Å². The third kappa shape index (κ3) is 5.37. The number of ether oxygens (including phenoxy) is 1. The first-order valence-electron chi connectivity index (χ1n) is 9.97. The number of hydrogen-bond donors (Lipinski definition) is 0. The van der Waals surface area contributed by atoms with Crippen LogP contribution in [0.15, 0.2) is 53.4 Å². The highest BCUT2D eigenvalue weighted by Gasteiger charge is 2.33. The number of carbonyl (C=O) groups excluding carboxylic acids is 1. The van der Waals surface area contributed by atoms with Gasteiger partial charge in [-0.1, -0.05) is 12.1 Å². The van der Waals surface area contributed by atoms with Gasteiger partial charge in [-0.2, -0.15) is 4.31 Å². The Kier molecular flexibility index (Phi) is 7.10. The third-order valence-corrected chi connectivity index (χ3v) is 7.23. The molecule has 0 aromatic heterocycles. The van der Waals surface area contributed by atoms with E-state index in [1.165, 1.54) is 16.4 Å². The van der Waals surface area contributed by atoms with Gasteiger partial charge < -0.3 is 9.64 Å². The third-order valence-electron chi connectivity index (χ3n) is 5.32. The van der Waals surface area contributed by atoms with E-state index >= 15 is 0 Å². The maximum Gasteiger partial charge on any atom is 0.243 e. The van der Waals surface area contributed by atoms with Crippen molar-refractivity contribution in [1.29, 1.82) is 0 Å². The molecule has 0 unspecified atom stereocenters. The van der Waals surface area contributed by atoms with Crippen LogP contribution >= 0.6 is 0 Å². The first-order chi connectivity index (χ1) is 14.3. The lowest BCUT2D eigenvalue weighted by atomic mass is 9.97. The summed E-state index contributed by atoms with van der Waals surface area (Å²) in [7, 11) is -1.94. The fourth-order valence-electron chi connectivity index (χ4n) is 3.53. The summed E-state index contributed by atoms with van der Waals surface area (Å²) in [4.78, 5) is 14.4. The smallest absolute Gasteiger partial charge is 0.243 e. The van der Waals surface area contributed by atoms with Crippen LogP contribution in [0, 0.1) is 18.7 Å². The molecular weight excluding hydrogens is 407 g/mol. The van der Waals surface area contributed by atoms with Gasteiger partial charge in [0.2, 0.25) is 15.9 Å². The summed E-state index contributed by atoms with van der Waals surface area (Å²) in [6, 6.07) is 12.5. The largest absolute Gasteiger partial charge is 0.492 e. The molecule has 162 valence electrons. The molecule has 0 radical (unpaired) electrons. The highest BCUT2D eigenvalue weighted by atomic mass is 32.2. The minimum Gasteiger partial charge on any atom is -0.492 e. The Labute approximate surface area is 177 Å². The molecular formula is C22H27FN2O4S. The molecule has 1 fully saturated rings. The lowest BCUT2D eigenvalue weighted by molar-refractivity contribution is -0.135. The van der Waals surface area contributed by atoms with E-state index in [1.54, 1.807) is 11.9 Å². The molecule has 6 nitrogen and oxygen atoms in total. The van der Waals surface area contributed by atoms with E-state index in [0.717, 1.165) is 23.4 Å². The number of sulfonamides is 1. The van der Waals surface area contributed by atoms with Gasteiger partial charge in [0, 0.05) is 26.1 Å². The summed E-state index contributed by atoms with van der Waals surface area (Å²) in [5.41, 5.74) is 1.11. The summed E-state index contributed by atoms with van der Waals surface area (Å²) in [5.74, 6) is 0.0816. The van der Waals surface area contributed by atoms with Gasteiger partial charge in [-0.3, -0.25) is 4.79 Å². The summed E-state index contributed by atoms with van der Waals surface area (Å²) in [5, 5.41) is 0. The number of halogens is 1. The van der Waals surface area contributed by atoms with Crippen molar-refractivity contribution in [2.45, 2.75) is 24.7 Å². The molecule has 2 aromatic rings. The Morgan fingerprint density at radius 1 is 1.17 bits per heavy atom. The quantitative estimate of drug-likeness (QED) is 0.672. The van der Waals surface area contributed by atoms with Gasteiger partial charge in [-0.25, -0.2) is 12.8 Å². The van der Waals surface area contributed by atoms with Gasteiger partial charge in [-0.05, 0) is 61.7 Å². The summed E-state index contributed by atoms with van der Waals surface area (Å²) < 4.78 is 45.5. The van der Waals surface area contributed by atoms with Crippen molar-refractivity contribution >= 4 is 15.9 Å². The number of hydrogen-bond acceptors (Lipinski definition) is 4. The van der Waals surface area contributed by atoms with Crippen molar-refractivity contribution in [3.05, 3.63) is 59.9 Å². The van der Waals surface area contributed by atoms with Gasteiger partial charge in [0.15, 0.2) is 0 Å². The molecule has 0 saturated carbocycles. The maximum atomic E-state index is 13.1. The SMILES string of the molecule is Cc1cccc(OCCN(C)C(=O)C2CCN(S(=O)(=O)c3ccc(F)cc3)CC2)c1. The van der Waals surface area contributed by atoms with Crippen LogP contribution in [-0.2, 0) is 14.8 Å². The van der Waals surface area contributed by atoms with Gasteiger partial charge >= 0.3 is 0 Å². The maximum absolute atomic E-state index is 13.1. The van der Waals surface area contributed by atoms with Crippen molar-refractivity contribution in [2.75, 3.05) is 33.3 Å². The molecule has 1 aliphatic rings. The van der Waals surface area contributed by atoms with Crippen molar-refractivity contribution in [1.82, 2.24) is 9.21 Å². The lowest BCUT2D eigenvalue weighted by Gasteiger charge is -2.32. The molecule has 30 heavy (non-hydrogen) atoms. The molecule has 1 saturated heterocycles. The summed E-state index contributed by atoms with van der Waals surface area (Å²) in [6.45, 7) is 3.38. The fraction of sp³-hybridized carbons (Fsp3) is 0.409. The van der Waals surface area contributed by atoms with Crippen LogP contribution in [-0.4, -0.2) is 56.8 Å². The van der Waals surface area contributed by atoms with Crippen LogP contribution in [0.2, 0.25) is 0 Å². The molecule has 0 atom stereocenters. The zero-order chi connectivity index (χ0) is 21.7. The molecule has 0 spiro atoms. The first kappa shape index (κ1) is 22.2. The molecule has 1 heterocycles. The second-order valence-electron chi connectivity index (χ2n) is 7.56. The van der Waals surface area contributed by atoms with Gasteiger partial charge in [0.25, 0.3) is 0 Å². The topological polar surface area (TPSA) is 66.9 Å². The molecule has 1 aliphatic heterocycles. The minimum atomic E-state index is -3.67. The number of aryl methyl sites for hydroxylation is 1. The van der Waals surface area contributed by atoms with E-state index in [0.29, 0.717) is 26.0 Å². The molecule has 2 aromatic carbocycles. The van der Waals surface area contributed by atoms with E-state index in [-0.39, 0.29) is 29.8 Å². The minimum absolute atomic E-state index is 0.00155. The molecule has 8 heteroatoms. The first-order valence-corrected chi connectivity index (χ1v) is 11.4. The fourth-order valence-corrected chi connectivity index (χ4v) is 5.00. The molecule has 0 aliphatic carbocycles. The number of rotatable bonds is 7. The van der Waals surface area contributed by atoms with Crippen molar-refractivity contribution in [2.24, 2.45) is 5.92 Å². The molecule has 0 N–H and O–H groups in total. The van der Waals surface area contributed by atoms with Crippen LogP contribution in [0.25, 0.3) is 0 Å². The number of benzene rings is 2. The molecule has 0 bridgehead atoms. The standard InChI is InChI=1S/C22H27FN2O4S/c1-17-4-3-5-20(16-17)29-15-14-24(2)22(26)18-10-12-25(13-11-18)30(27,28)21-8-6-19(23)7-9-21/h3-9,16,18H,10-15H2,1-2H3. The van der Waals surface area contributed by atoms with Crippen LogP contribution in [0.4, 0.5) is 4.39 Å². The van der Waals surface area contributed by atoms with E-state index in [9.17, 15) is 17.6 Å². The lowest BCUT2D eigenvalue weighted by Crippen LogP contribution is -2.44. The van der Waals surface area contributed by atoms with E-state index in [1.807, 2.05) is 31.2 Å². The summed E-state index contributed by atoms with van der Waals surface area (Å²) in [6.07, 6.45) is 0.921. The van der Waals surface area contributed by atoms with Gasteiger partial charge in [0.1, 0.15) is 18.2 Å². The predicted molar refractivity (Wildman–Crippen MR) is 112 cm³/mol. The second-order valence-corrected chi connectivity index (χ2v) is 9.49. The van der Waals surface area contributed by atoms with Crippen LogP contribution in [0.3, 0.4) is 0 Å². The average molecular weight is 435 g/mol. The second kappa shape index (κ2) is 9.57. The van der Waals surface area contributed by atoms with Crippen molar-refractivity contribution in [3.8, 4) is 5.75 Å². The zero-order valence-corrected chi connectivity index (χ0v) is 18.1. The highest BCUT2D eigenvalue weighted by Crippen LogP contribution is 2.25. The van der Waals surface area contributed by atoms with Gasteiger partial charge in [-0.15, -0.1) is 0 Å². The zero-order valence-electron chi connectivity index (χ0n) is 17.3. The highest BCUT2D eigenvalue weighted by molar-refractivity contribution is 7.89. The Balaban J connectivity index is 1.49. The number of likely N-dealkylation sites (N-methyl/N-ethyl adjacent to an activating group) is 1. The Morgan fingerprint density at radius 2 is 1.83 bits per heavy atom. The van der Waals surface area contributed by atoms with Crippen LogP contribution in [0.5, 0.6) is 5.75 Å². The molecule has 3 rings (SSSR count). The average Bonchev–Trinajstić information content (AvgIpc) is 2.73. The summed E-state index contributed by atoms with van der Waals surface area (Å²) >= 11 is 0. The van der Waals surface area contributed by atoms with Gasteiger partial charge in [0.05, 0.1) is 11.4 Å². The van der Waals surface area contributed by atoms with E-state index < -0.39 is 15.8 Å². The van der Waals surface area contributed by atoms with E-state index in [4.69, 9.17) is 4.74 Å². The predicted octanol–water partition coefficient (Wildman–Crippen LogP) is 3.07. The van der Waals surface area contributed by atoms with Crippen molar-refractivity contribution < 1.29 is 22.3 Å². The Hall–Kier alpha value is -2.45. The van der Waals surface area contributed by atoms with Crippen LogP contribution < -0.4 is 4.74 Å². The number of amides is 1. The Morgan fingerprint density at radius 3 is 2.47 bits per heavy atom. The molecule has 1 amide bonds. The number of nitrogens with zero attached hydrogens (tertiary/aromatic N) is 2. The number of carbonyl (C=O) groups is 1. The monoisotopic (exact) mass is 434 g/mol. The van der Waals surface area contributed by atoms with Crippen molar-refractivity contribution in [3.63, 3.8) is 0 Å². The Bertz CT molecular complexity index is 971.